The Morgan fingerprint density at radius 3 is 2.37 bits per heavy atom. The van der Waals surface area contributed by atoms with Crippen LogP contribution in [0.1, 0.15) is 24.9 Å². The summed E-state index contributed by atoms with van der Waals surface area (Å²) in [7, 11) is 0. The Labute approximate surface area is 116 Å². The zero-order chi connectivity index (χ0) is 13.8. The summed E-state index contributed by atoms with van der Waals surface area (Å²) in [5, 5.41) is 3.73. The lowest BCUT2D eigenvalue weighted by Gasteiger charge is -2.19. The van der Waals surface area contributed by atoms with E-state index in [0.717, 1.165) is 18.1 Å². The van der Waals surface area contributed by atoms with Crippen molar-refractivity contribution in [2.45, 2.75) is 19.4 Å². The minimum absolute atomic E-state index is 0.0442. The molecule has 1 unspecified atom stereocenters. The first-order valence-electron chi connectivity index (χ1n) is 6.07. The van der Waals surface area contributed by atoms with E-state index in [0.29, 0.717) is 10.7 Å². The predicted molar refractivity (Wildman–Crippen MR) is 74.5 cm³/mol. The Balaban J connectivity index is 2.21. The lowest BCUT2D eigenvalue weighted by atomic mass is 10.0. The fourth-order valence-electron chi connectivity index (χ4n) is 1.91. The van der Waals surface area contributed by atoms with E-state index in [4.69, 9.17) is 11.6 Å². The van der Waals surface area contributed by atoms with Crippen molar-refractivity contribution in [3.8, 4) is 0 Å². The molecule has 0 aromatic heterocycles. The number of halogens is 3. The minimum atomic E-state index is -0.590. The van der Waals surface area contributed by atoms with Crippen LogP contribution in [0.2, 0.25) is 5.02 Å². The zero-order valence-corrected chi connectivity index (χ0v) is 11.2. The summed E-state index contributed by atoms with van der Waals surface area (Å²) in [4.78, 5) is 0. The van der Waals surface area contributed by atoms with E-state index in [-0.39, 0.29) is 6.04 Å². The topological polar surface area (TPSA) is 12.0 Å². The average molecular weight is 282 g/mol. The van der Waals surface area contributed by atoms with Gasteiger partial charge in [0.15, 0.2) is 0 Å². The van der Waals surface area contributed by atoms with Gasteiger partial charge in [-0.1, -0.05) is 30.7 Å². The molecule has 100 valence electrons. The van der Waals surface area contributed by atoms with Crippen molar-refractivity contribution >= 4 is 17.3 Å². The molecule has 0 saturated heterocycles. The third kappa shape index (κ3) is 3.44. The standard InChI is InChI=1S/C15H14ClF2N/c1-2-14(10-3-5-11(16)6-4-10)19-15-8-7-12(17)9-13(15)18/h3-9,14,19H,2H2,1H3. The van der Waals surface area contributed by atoms with Gasteiger partial charge in [0.25, 0.3) is 0 Å². The van der Waals surface area contributed by atoms with Gasteiger partial charge in [-0.05, 0) is 36.2 Å². The van der Waals surface area contributed by atoms with Crippen LogP contribution in [-0.4, -0.2) is 0 Å². The molecule has 1 nitrogen and oxygen atoms in total. The molecule has 0 fully saturated rings. The van der Waals surface area contributed by atoms with Crippen LogP contribution in [-0.2, 0) is 0 Å². The van der Waals surface area contributed by atoms with Crippen molar-refractivity contribution < 1.29 is 8.78 Å². The Kier molecular flexibility index (Phi) is 4.38. The number of hydrogen-bond donors (Lipinski definition) is 1. The molecule has 2 aromatic rings. The number of rotatable bonds is 4. The van der Waals surface area contributed by atoms with Gasteiger partial charge in [0.05, 0.1) is 11.7 Å². The lowest BCUT2D eigenvalue weighted by Crippen LogP contribution is -2.10. The first-order valence-corrected chi connectivity index (χ1v) is 6.45. The fourth-order valence-corrected chi connectivity index (χ4v) is 2.04. The molecule has 0 aliphatic heterocycles. The van der Waals surface area contributed by atoms with Crippen LogP contribution in [0.5, 0.6) is 0 Å². The lowest BCUT2D eigenvalue weighted by molar-refractivity contribution is 0.582. The molecule has 2 rings (SSSR count). The predicted octanol–water partition coefficient (Wildman–Crippen LogP) is 5.18. The molecular formula is C15H14ClF2N. The van der Waals surface area contributed by atoms with Crippen LogP contribution in [0.4, 0.5) is 14.5 Å². The second-order valence-corrected chi connectivity index (χ2v) is 4.72. The van der Waals surface area contributed by atoms with Crippen molar-refractivity contribution in [2.75, 3.05) is 5.32 Å². The van der Waals surface area contributed by atoms with E-state index in [1.54, 1.807) is 12.1 Å². The van der Waals surface area contributed by atoms with Crippen LogP contribution < -0.4 is 5.32 Å². The second kappa shape index (κ2) is 6.02. The third-order valence-electron chi connectivity index (χ3n) is 2.94. The summed E-state index contributed by atoms with van der Waals surface area (Å²) in [6.45, 7) is 1.99. The highest BCUT2D eigenvalue weighted by molar-refractivity contribution is 6.30. The molecule has 0 aliphatic rings. The SMILES string of the molecule is CCC(Nc1ccc(F)cc1F)c1ccc(Cl)cc1. The van der Waals surface area contributed by atoms with E-state index in [1.165, 1.54) is 12.1 Å². The quantitative estimate of drug-likeness (QED) is 0.814. The normalized spacial score (nSPS) is 12.2. The fraction of sp³-hybridized carbons (Fsp3) is 0.200. The Morgan fingerprint density at radius 2 is 1.79 bits per heavy atom. The molecule has 0 saturated carbocycles. The smallest absolute Gasteiger partial charge is 0.149 e. The summed E-state index contributed by atoms with van der Waals surface area (Å²) in [6, 6.07) is 10.8. The molecule has 0 amide bonds. The van der Waals surface area contributed by atoms with Crippen molar-refractivity contribution in [3.05, 3.63) is 64.7 Å². The van der Waals surface area contributed by atoms with Gasteiger partial charge in [-0.25, -0.2) is 8.78 Å². The minimum Gasteiger partial charge on any atom is -0.376 e. The van der Waals surface area contributed by atoms with Crippen molar-refractivity contribution in [1.29, 1.82) is 0 Å². The third-order valence-corrected chi connectivity index (χ3v) is 3.19. The molecular weight excluding hydrogens is 268 g/mol. The van der Waals surface area contributed by atoms with Gasteiger partial charge in [-0.15, -0.1) is 0 Å². The number of nitrogens with one attached hydrogen (secondary N) is 1. The van der Waals surface area contributed by atoms with E-state index in [9.17, 15) is 8.78 Å². The number of anilines is 1. The van der Waals surface area contributed by atoms with Gasteiger partial charge >= 0.3 is 0 Å². The monoisotopic (exact) mass is 281 g/mol. The number of hydrogen-bond acceptors (Lipinski definition) is 1. The van der Waals surface area contributed by atoms with E-state index >= 15 is 0 Å². The van der Waals surface area contributed by atoms with Crippen molar-refractivity contribution in [3.63, 3.8) is 0 Å². The molecule has 1 atom stereocenters. The molecule has 0 spiro atoms. The summed E-state index contributed by atoms with van der Waals surface area (Å²) >= 11 is 5.84. The summed E-state index contributed by atoms with van der Waals surface area (Å²) in [6.07, 6.45) is 0.776. The Morgan fingerprint density at radius 1 is 1.11 bits per heavy atom. The van der Waals surface area contributed by atoms with Gasteiger partial charge in [0.1, 0.15) is 11.6 Å². The van der Waals surface area contributed by atoms with Crippen LogP contribution in [0.15, 0.2) is 42.5 Å². The van der Waals surface area contributed by atoms with Gasteiger partial charge in [-0.3, -0.25) is 0 Å². The summed E-state index contributed by atoms with van der Waals surface area (Å²) in [5.74, 6) is -1.17. The average Bonchev–Trinajstić information content (AvgIpc) is 2.39. The molecule has 0 bridgehead atoms. The maximum Gasteiger partial charge on any atom is 0.149 e. The Hall–Kier alpha value is -1.61. The molecule has 1 N–H and O–H groups in total. The van der Waals surface area contributed by atoms with Crippen molar-refractivity contribution in [2.24, 2.45) is 0 Å². The van der Waals surface area contributed by atoms with Crippen LogP contribution in [0, 0.1) is 11.6 Å². The molecule has 19 heavy (non-hydrogen) atoms. The maximum atomic E-state index is 13.6. The van der Waals surface area contributed by atoms with Gasteiger partial charge in [0, 0.05) is 11.1 Å². The number of benzene rings is 2. The first kappa shape index (κ1) is 13.8. The zero-order valence-electron chi connectivity index (χ0n) is 10.5. The highest BCUT2D eigenvalue weighted by Gasteiger charge is 2.12. The molecule has 0 aliphatic carbocycles. The van der Waals surface area contributed by atoms with Gasteiger partial charge in [0.2, 0.25) is 0 Å². The molecule has 4 heteroatoms. The summed E-state index contributed by atoms with van der Waals surface area (Å²) in [5.41, 5.74) is 1.30. The highest BCUT2D eigenvalue weighted by Crippen LogP contribution is 2.25. The summed E-state index contributed by atoms with van der Waals surface area (Å²) < 4.78 is 26.5. The van der Waals surface area contributed by atoms with E-state index in [1.807, 2.05) is 19.1 Å². The van der Waals surface area contributed by atoms with E-state index in [2.05, 4.69) is 5.32 Å². The van der Waals surface area contributed by atoms with Crippen LogP contribution in [0.25, 0.3) is 0 Å². The maximum absolute atomic E-state index is 13.6. The molecule has 0 heterocycles. The second-order valence-electron chi connectivity index (χ2n) is 4.28. The van der Waals surface area contributed by atoms with Crippen molar-refractivity contribution in [1.82, 2.24) is 0 Å². The largest absolute Gasteiger partial charge is 0.376 e. The molecule has 2 aromatic carbocycles. The van der Waals surface area contributed by atoms with Crippen LogP contribution in [0.3, 0.4) is 0 Å². The van der Waals surface area contributed by atoms with E-state index < -0.39 is 11.6 Å². The highest BCUT2D eigenvalue weighted by atomic mass is 35.5. The van der Waals surface area contributed by atoms with Gasteiger partial charge in [-0.2, -0.15) is 0 Å². The molecule has 0 radical (unpaired) electrons. The van der Waals surface area contributed by atoms with Crippen LogP contribution >= 0.6 is 11.6 Å². The van der Waals surface area contributed by atoms with Gasteiger partial charge < -0.3 is 5.32 Å². The first-order chi connectivity index (χ1) is 9.10. The Bertz CT molecular complexity index is 555.